The molecule has 0 amide bonds. The molecule has 0 bridgehead atoms. The fourth-order valence-corrected chi connectivity index (χ4v) is 5.26. The predicted octanol–water partition coefficient (Wildman–Crippen LogP) is 10.1. The topological polar surface area (TPSA) is 108 Å². The molecular formula is C40H50N2O6. The van der Waals surface area contributed by atoms with Crippen LogP contribution in [0.25, 0.3) is 0 Å². The maximum Gasteiger partial charge on any atom is 0.343 e. The maximum atomic E-state index is 12.3. The Bertz CT molecular complexity index is 1770. The number of rotatable bonds is 7. The van der Waals surface area contributed by atoms with Crippen LogP contribution in [0.3, 0.4) is 0 Å². The van der Waals surface area contributed by atoms with Gasteiger partial charge >= 0.3 is 11.9 Å². The van der Waals surface area contributed by atoms with E-state index in [1.807, 2.05) is 73.6 Å². The zero-order valence-corrected chi connectivity index (χ0v) is 30.7. The number of aromatic carboxylic acids is 1. The number of carbonyl (C=O) groups is 2. The molecule has 0 aliphatic carbocycles. The average Bonchev–Trinajstić information content (AvgIpc) is 2.96. The van der Waals surface area contributed by atoms with Crippen molar-refractivity contribution in [3.8, 4) is 23.0 Å². The van der Waals surface area contributed by atoms with Gasteiger partial charge in [0.2, 0.25) is 0 Å². The molecule has 8 nitrogen and oxygen atoms in total. The van der Waals surface area contributed by atoms with Gasteiger partial charge in [-0.15, -0.1) is 0 Å². The van der Waals surface area contributed by atoms with Crippen LogP contribution < -0.4 is 9.47 Å². The van der Waals surface area contributed by atoms with Crippen LogP contribution in [0.2, 0.25) is 0 Å². The fraction of sp³-hybridized carbons (Fsp3) is 0.400. The van der Waals surface area contributed by atoms with Crippen molar-refractivity contribution in [1.29, 1.82) is 0 Å². The van der Waals surface area contributed by atoms with E-state index < -0.39 is 11.9 Å². The van der Waals surface area contributed by atoms with Gasteiger partial charge in [0.05, 0.1) is 6.61 Å². The van der Waals surface area contributed by atoms with Gasteiger partial charge in [-0.2, -0.15) is 0 Å². The first-order chi connectivity index (χ1) is 22.2. The summed E-state index contributed by atoms with van der Waals surface area (Å²) in [6, 6.07) is 11.7. The van der Waals surface area contributed by atoms with Crippen LogP contribution in [0.4, 0.5) is 0 Å². The van der Waals surface area contributed by atoms with Crippen LogP contribution in [-0.4, -0.2) is 33.6 Å². The lowest BCUT2D eigenvalue weighted by Crippen LogP contribution is -2.15. The number of carboxylic acid groups (broad SMARTS) is 1. The van der Waals surface area contributed by atoms with Crippen molar-refractivity contribution in [2.24, 2.45) is 0 Å². The SMILES string of the molecule is CCOC(=O)c1cnc(C(C)(C)C)cc1Oc1c(C)cc(C)cc1C.Cc1cc(C)c(Oc2cc(C(C)(C)C)ncc2C(=O)O)c(C)c1. The monoisotopic (exact) mass is 654 g/mol. The molecule has 0 aliphatic heterocycles. The van der Waals surface area contributed by atoms with Gasteiger partial charge in [-0.25, -0.2) is 9.59 Å². The summed E-state index contributed by atoms with van der Waals surface area (Å²) in [6.07, 6.45) is 2.92. The Morgan fingerprint density at radius 1 is 0.625 bits per heavy atom. The fourth-order valence-electron chi connectivity index (χ4n) is 5.26. The summed E-state index contributed by atoms with van der Waals surface area (Å²) in [6.45, 7) is 26.4. The van der Waals surface area contributed by atoms with Crippen molar-refractivity contribution in [2.75, 3.05) is 6.61 Å². The highest BCUT2D eigenvalue weighted by atomic mass is 16.5. The van der Waals surface area contributed by atoms with Gasteiger partial charge in [0.25, 0.3) is 0 Å². The zero-order chi connectivity index (χ0) is 36.1. The number of pyridine rings is 2. The van der Waals surface area contributed by atoms with Gasteiger partial charge in [-0.05, 0) is 70.7 Å². The number of carbonyl (C=O) groups excluding carboxylic acids is 1. The molecule has 48 heavy (non-hydrogen) atoms. The molecule has 2 heterocycles. The molecule has 4 rings (SSSR count). The van der Waals surface area contributed by atoms with Gasteiger partial charge in [-0.3, -0.25) is 9.97 Å². The van der Waals surface area contributed by atoms with Crippen molar-refractivity contribution in [1.82, 2.24) is 9.97 Å². The first-order valence-corrected chi connectivity index (χ1v) is 16.2. The van der Waals surface area contributed by atoms with Crippen LogP contribution in [0.15, 0.2) is 48.8 Å². The summed E-state index contributed by atoms with van der Waals surface area (Å²) < 4.78 is 17.3. The number of nitrogens with zero attached hydrogens (tertiary/aromatic N) is 2. The minimum atomic E-state index is -1.05. The molecule has 2 aromatic carbocycles. The van der Waals surface area contributed by atoms with Gasteiger partial charge in [-0.1, -0.05) is 76.9 Å². The van der Waals surface area contributed by atoms with E-state index in [1.54, 1.807) is 19.2 Å². The molecule has 0 radical (unpaired) electrons. The average molecular weight is 655 g/mol. The number of hydrogen-bond donors (Lipinski definition) is 1. The second kappa shape index (κ2) is 15.0. The number of benzene rings is 2. The molecule has 1 N–H and O–H groups in total. The number of carboxylic acids is 1. The number of hydrogen-bond acceptors (Lipinski definition) is 7. The van der Waals surface area contributed by atoms with Crippen LogP contribution >= 0.6 is 0 Å². The lowest BCUT2D eigenvalue weighted by atomic mass is 9.91. The molecule has 0 atom stereocenters. The first kappa shape index (κ1) is 37.7. The maximum absolute atomic E-state index is 12.3. The lowest BCUT2D eigenvalue weighted by molar-refractivity contribution is 0.0522. The van der Waals surface area contributed by atoms with Crippen molar-refractivity contribution in [2.45, 2.75) is 101 Å². The summed E-state index contributed by atoms with van der Waals surface area (Å²) in [5.74, 6) is 0.801. The Morgan fingerprint density at radius 2 is 0.979 bits per heavy atom. The molecule has 256 valence electrons. The third-order valence-corrected chi connectivity index (χ3v) is 7.63. The summed E-state index contributed by atoms with van der Waals surface area (Å²) >= 11 is 0. The molecule has 8 heteroatoms. The van der Waals surface area contributed by atoms with E-state index in [2.05, 4.69) is 49.8 Å². The highest BCUT2D eigenvalue weighted by molar-refractivity contribution is 5.92. The molecule has 0 saturated carbocycles. The van der Waals surface area contributed by atoms with Gasteiger partial charge in [0, 0.05) is 46.7 Å². The number of aryl methyl sites for hydroxylation is 6. The van der Waals surface area contributed by atoms with E-state index in [-0.39, 0.29) is 16.4 Å². The molecule has 4 aromatic rings. The van der Waals surface area contributed by atoms with Crippen LogP contribution in [0.1, 0.15) is 114 Å². The highest BCUT2D eigenvalue weighted by Crippen LogP contribution is 2.36. The molecule has 0 spiro atoms. The smallest absolute Gasteiger partial charge is 0.343 e. The Morgan fingerprint density at radius 3 is 1.31 bits per heavy atom. The number of ether oxygens (including phenoxy) is 3. The molecule has 0 fully saturated rings. The lowest BCUT2D eigenvalue weighted by Gasteiger charge is -2.21. The van der Waals surface area contributed by atoms with E-state index >= 15 is 0 Å². The second-order valence-corrected chi connectivity index (χ2v) is 14.3. The van der Waals surface area contributed by atoms with Gasteiger partial charge < -0.3 is 19.3 Å². The van der Waals surface area contributed by atoms with Crippen LogP contribution in [0.5, 0.6) is 23.0 Å². The minimum absolute atomic E-state index is 0.0670. The molecule has 0 aliphatic rings. The van der Waals surface area contributed by atoms with Crippen molar-refractivity contribution in [3.05, 3.63) is 105 Å². The van der Waals surface area contributed by atoms with Crippen molar-refractivity contribution in [3.63, 3.8) is 0 Å². The summed E-state index contributed by atoms with van der Waals surface area (Å²) in [7, 11) is 0. The Kier molecular flexibility index (Phi) is 11.8. The summed E-state index contributed by atoms with van der Waals surface area (Å²) in [5, 5.41) is 9.40. The first-order valence-electron chi connectivity index (χ1n) is 16.2. The van der Waals surface area contributed by atoms with Crippen LogP contribution in [0, 0.1) is 41.5 Å². The van der Waals surface area contributed by atoms with Gasteiger partial charge in [0.15, 0.2) is 0 Å². The number of aromatic nitrogens is 2. The standard InChI is InChI=1S/C21H27NO3.C19H23NO3/c1-8-24-20(23)16-12-22-18(21(5,6)7)11-17(16)25-19-14(3)9-13(2)10-15(19)4;1-11-7-12(2)17(13(3)8-11)23-15-9-16(19(4,5)6)20-10-14(15)18(21)22/h9-12H,8H2,1-7H3;7-10H,1-6H3,(H,21,22). The Hall–Kier alpha value is -4.72. The Balaban J connectivity index is 0.000000261. The van der Waals surface area contributed by atoms with Crippen molar-refractivity contribution < 1.29 is 28.9 Å². The van der Waals surface area contributed by atoms with E-state index in [0.717, 1.165) is 45.0 Å². The minimum Gasteiger partial charge on any atom is -0.477 e. The van der Waals surface area contributed by atoms with E-state index in [1.165, 1.54) is 11.8 Å². The second-order valence-electron chi connectivity index (χ2n) is 14.3. The normalized spacial score (nSPS) is 11.4. The quantitative estimate of drug-likeness (QED) is 0.196. The summed E-state index contributed by atoms with van der Waals surface area (Å²) in [5.41, 5.74) is 8.07. The molecule has 0 saturated heterocycles. The molecule has 0 unspecified atom stereocenters. The van der Waals surface area contributed by atoms with E-state index in [0.29, 0.717) is 29.4 Å². The summed E-state index contributed by atoms with van der Waals surface area (Å²) in [4.78, 5) is 32.5. The third kappa shape index (κ3) is 9.43. The van der Waals surface area contributed by atoms with Crippen molar-refractivity contribution >= 4 is 11.9 Å². The largest absolute Gasteiger partial charge is 0.477 e. The predicted molar refractivity (Wildman–Crippen MR) is 190 cm³/mol. The van der Waals surface area contributed by atoms with E-state index in [4.69, 9.17) is 14.2 Å². The van der Waals surface area contributed by atoms with Gasteiger partial charge in [0.1, 0.15) is 34.1 Å². The Labute approximate surface area is 285 Å². The van der Waals surface area contributed by atoms with Crippen LogP contribution in [-0.2, 0) is 15.6 Å². The molecular weight excluding hydrogens is 604 g/mol. The van der Waals surface area contributed by atoms with E-state index in [9.17, 15) is 14.7 Å². The molecule has 2 aromatic heterocycles. The number of esters is 1. The zero-order valence-electron chi connectivity index (χ0n) is 30.7. The highest BCUT2D eigenvalue weighted by Gasteiger charge is 2.24. The third-order valence-electron chi connectivity index (χ3n) is 7.63.